The molecule has 0 spiro atoms. The summed E-state index contributed by atoms with van der Waals surface area (Å²) in [6, 6.07) is 0.0343. The zero-order valence-electron chi connectivity index (χ0n) is 8.94. The predicted octanol–water partition coefficient (Wildman–Crippen LogP) is 0.162. The summed E-state index contributed by atoms with van der Waals surface area (Å²) in [5.41, 5.74) is 0. The SMILES string of the molecule is CCn1ncnc1CC(=O)C1CCCN1. The minimum Gasteiger partial charge on any atom is -0.307 e. The lowest BCUT2D eigenvalue weighted by atomic mass is 10.1. The molecule has 1 aliphatic rings. The summed E-state index contributed by atoms with van der Waals surface area (Å²) >= 11 is 0. The molecule has 0 radical (unpaired) electrons. The molecule has 1 aromatic heterocycles. The number of ketones is 1. The monoisotopic (exact) mass is 208 g/mol. The van der Waals surface area contributed by atoms with Crippen molar-refractivity contribution in [2.45, 2.75) is 38.8 Å². The van der Waals surface area contributed by atoms with Crippen molar-refractivity contribution in [3.05, 3.63) is 12.2 Å². The fourth-order valence-electron chi connectivity index (χ4n) is 1.93. The third kappa shape index (κ3) is 2.23. The summed E-state index contributed by atoms with van der Waals surface area (Å²) in [7, 11) is 0. The van der Waals surface area contributed by atoms with E-state index in [0.717, 1.165) is 31.8 Å². The van der Waals surface area contributed by atoms with Crippen molar-refractivity contribution in [3.8, 4) is 0 Å². The topological polar surface area (TPSA) is 59.8 Å². The Morgan fingerprint density at radius 2 is 2.60 bits per heavy atom. The number of nitrogens with zero attached hydrogens (tertiary/aromatic N) is 3. The van der Waals surface area contributed by atoms with Gasteiger partial charge in [-0.05, 0) is 26.3 Å². The molecular weight excluding hydrogens is 192 g/mol. The zero-order valence-corrected chi connectivity index (χ0v) is 8.94. The summed E-state index contributed by atoms with van der Waals surface area (Å²) in [5.74, 6) is 1.01. The zero-order chi connectivity index (χ0) is 10.7. The highest BCUT2D eigenvalue weighted by Gasteiger charge is 2.23. The third-order valence-corrected chi connectivity index (χ3v) is 2.78. The Balaban J connectivity index is 1.98. The predicted molar refractivity (Wildman–Crippen MR) is 55.4 cm³/mol. The van der Waals surface area contributed by atoms with Crippen molar-refractivity contribution < 1.29 is 4.79 Å². The Morgan fingerprint density at radius 1 is 1.73 bits per heavy atom. The van der Waals surface area contributed by atoms with Crippen molar-refractivity contribution >= 4 is 5.78 Å². The molecule has 1 unspecified atom stereocenters. The number of aryl methyl sites for hydroxylation is 1. The highest BCUT2D eigenvalue weighted by Crippen LogP contribution is 2.08. The van der Waals surface area contributed by atoms with Gasteiger partial charge < -0.3 is 5.32 Å². The van der Waals surface area contributed by atoms with Crippen molar-refractivity contribution in [2.24, 2.45) is 0 Å². The van der Waals surface area contributed by atoms with Crippen molar-refractivity contribution in [2.75, 3.05) is 6.54 Å². The Morgan fingerprint density at radius 3 is 3.27 bits per heavy atom. The lowest BCUT2D eigenvalue weighted by molar-refractivity contribution is -0.120. The van der Waals surface area contributed by atoms with Crippen LogP contribution in [0.15, 0.2) is 6.33 Å². The first kappa shape index (κ1) is 10.3. The van der Waals surface area contributed by atoms with Crippen LogP contribution in [0, 0.1) is 0 Å². The summed E-state index contributed by atoms with van der Waals surface area (Å²) in [5, 5.41) is 7.25. The van der Waals surface area contributed by atoms with Gasteiger partial charge in [-0.1, -0.05) is 0 Å². The molecule has 0 aliphatic carbocycles. The van der Waals surface area contributed by atoms with Gasteiger partial charge in [0, 0.05) is 6.54 Å². The van der Waals surface area contributed by atoms with Crippen LogP contribution in [0.3, 0.4) is 0 Å². The van der Waals surface area contributed by atoms with Crippen molar-refractivity contribution in [3.63, 3.8) is 0 Å². The molecule has 1 fully saturated rings. The first-order valence-corrected chi connectivity index (χ1v) is 5.44. The molecule has 1 aromatic rings. The lowest BCUT2D eigenvalue weighted by Crippen LogP contribution is -2.32. The molecule has 5 nitrogen and oxygen atoms in total. The van der Waals surface area contributed by atoms with Gasteiger partial charge in [-0.15, -0.1) is 0 Å². The van der Waals surface area contributed by atoms with E-state index in [1.165, 1.54) is 6.33 Å². The van der Waals surface area contributed by atoms with Gasteiger partial charge in [0.15, 0.2) is 5.78 Å². The summed E-state index contributed by atoms with van der Waals surface area (Å²) in [6.45, 7) is 3.72. The van der Waals surface area contributed by atoms with E-state index in [1.807, 2.05) is 6.92 Å². The molecule has 0 bridgehead atoms. The van der Waals surface area contributed by atoms with E-state index in [1.54, 1.807) is 4.68 Å². The minimum absolute atomic E-state index is 0.0343. The normalized spacial score (nSPS) is 20.7. The second-order valence-electron chi connectivity index (χ2n) is 3.78. The number of aromatic nitrogens is 3. The Labute approximate surface area is 88.9 Å². The highest BCUT2D eigenvalue weighted by molar-refractivity contribution is 5.85. The highest BCUT2D eigenvalue weighted by atomic mass is 16.1. The van der Waals surface area contributed by atoms with Crippen LogP contribution in [0.5, 0.6) is 0 Å². The number of carbonyl (C=O) groups is 1. The standard InChI is InChI=1S/C10H16N4O/c1-2-14-10(12-7-13-14)6-9(15)8-4-3-5-11-8/h7-8,11H,2-6H2,1H3. The smallest absolute Gasteiger partial charge is 0.157 e. The average Bonchev–Trinajstić information content (AvgIpc) is 2.87. The largest absolute Gasteiger partial charge is 0.307 e. The second kappa shape index (κ2) is 4.53. The fraction of sp³-hybridized carbons (Fsp3) is 0.700. The molecule has 5 heteroatoms. The number of Topliss-reactive ketones (excluding diaryl/α,β-unsaturated/α-hetero) is 1. The Hall–Kier alpha value is -1.23. The van der Waals surface area contributed by atoms with Crippen LogP contribution < -0.4 is 5.32 Å². The van der Waals surface area contributed by atoms with Crippen molar-refractivity contribution in [1.29, 1.82) is 0 Å². The Kier molecular flexibility index (Phi) is 3.11. The maximum Gasteiger partial charge on any atom is 0.157 e. The molecule has 0 aromatic carbocycles. The summed E-state index contributed by atoms with van der Waals surface area (Å²) in [6.07, 6.45) is 3.95. The van der Waals surface area contributed by atoms with Gasteiger partial charge in [0.25, 0.3) is 0 Å². The average molecular weight is 208 g/mol. The van der Waals surface area contributed by atoms with Gasteiger partial charge in [-0.3, -0.25) is 4.79 Å². The van der Waals surface area contributed by atoms with Crippen LogP contribution in [0.2, 0.25) is 0 Å². The quantitative estimate of drug-likeness (QED) is 0.765. The fourth-order valence-corrected chi connectivity index (χ4v) is 1.93. The van der Waals surface area contributed by atoms with Gasteiger partial charge in [-0.2, -0.15) is 5.10 Å². The molecule has 0 amide bonds. The molecular formula is C10H16N4O. The third-order valence-electron chi connectivity index (χ3n) is 2.78. The van der Waals surface area contributed by atoms with Crippen LogP contribution in [0.4, 0.5) is 0 Å². The van der Waals surface area contributed by atoms with Gasteiger partial charge >= 0.3 is 0 Å². The van der Waals surface area contributed by atoms with Gasteiger partial charge in [-0.25, -0.2) is 9.67 Å². The van der Waals surface area contributed by atoms with E-state index >= 15 is 0 Å². The first-order valence-electron chi connectivity index (χ1n) is 5.44. The van der Waals surface area contributed by atoms with Crippen molar-refractivity contribution in [1.82, 2.24) is 20.1 Å². The van der Waals surface area contributed by atoms with Gasteiger partial charge in [0.2, 0.25) is 0 Å². The van der Waals surface area contributed by atoms with E-state index in [2.05, 4.69) is 15.4 Å². The van der Waals surface area contributed by atoms with Crippen LogP contribution >= 0.6 is 0 Å². The number of hydrogen-bond donors (Lipinski definition) is 1. The maximum absolute atomic E-state index is 11.8. The van der Waals surface area contributed by atoms with E-state index in [-0.39, 0.29) is 11.8 Å². The molecule has 2 heterocycles. The second-order valence-corrected chi connectivity index (χ2v) is 3.78. The van der Waals surface area contributed by atoms with Crippen LogP contribution in [0.25, 0.3) is 0 Å². The Bertz CT molecular complexity index is 341. The van der Waals surface area contributed by atoms with Gasteiger partial charge in [0.1, 0.15) is 12.2 Å². The maximum atomic E-state index is 11.8. The summed E-state index contributed by atoms with van der Waals surface area (Å²) < 4.78 is 1.77. The molecule has 1 atom stereocenters. The minimum atomic E-state index is 0.0343. The summed E-state index contributed by atoms with van der Waals surface area (Å²) in [4.78, 5) is 15.9. The van der Waals surface area contributed by atoms with Crippen LogP contribution in [0.1, 0.15) is 25.6 Å². The molecule has 1 saturated heterocycles. The molecule has 2 rings (SSSR count). The van der Waals surface area contributed by atoms with E-state index < -0.39 is 0 Å². The molecule has 82 valence electrons. The lowest BCUT2D eigenvalue weighted by Gasteiger charge is -2.08. The number of carbonyl (C=O) groups excluding carboxylic acids is 1. The van der Waals surface area contributed by atoms with E-state index in [0.29, 0.717) is 6.42 Å². The van der Waals surface area contributed by atoms with Gasteiger partial charge in [0.05, 0.1) is 12.5 Å². The molecule has 1 N–H and O–H groups in total. The molecule has 0 saturated carbocycles. The van der Waals surface area contributed by atoms with Crippen LogP contribution in [-0.4, -0.2) is 33.1 Å². The number of nitrogens with one attached hydrogen (secondary N) is 1. The van der Waals surface area contributed by atoms with E-state index in [9.17, 15) is 4.79 Å². The molecule has 15 heavy (non-hydrogen) atoms. The number of hydrogen-bond acceptors (Lipinski definition) is 4. The molecule has 1 aliphatic heterocycles. The number of rotatable bonds is 4. The van der Waals surface area contributed by atoms with Crippen LogP contribution in [-0.2, 0) is 17.8 Å². The first-order chi connectivity index (χ1) is 7.31. The van der Waals surface area contributed by atoms with E-state index in [4.69, 9.17) is 0 Å².